The summed E-state index contributed by atoms with van der Waals surface area (Å²) < 4.78 is 0. The van der Waals surface area contributed by atoms with Gasteiger partial charge in [-0.15, -0.1) is 11.3 Å². The van der Waals surface area contributed by atoms with Gasteiger partial charge in [-0.2, -0.15) is 0 Å². The number of amides is 3. The number of nitrogens with zero attached hydrogens (tertiary/aromatic N) is 4. The lowest BCUT2D eigenvalue weighted by Crippen LogP contribution is -2.32. The average Bonchev–Trinajstić information content (AvgIpc) is 3.74. The Morgan fingerprint density at radius 1 is 0.756 bits per heavy atom. The SMILES string of the molecule is O=C(Nc1ccccn1)c1cc2c(s1)-c1ccccc1N(C(=O)c1cccc(NC(=O)c3cccnc3N3CCCC3)c1)CC2. The van der Waals surface area contributed by atoms with Gasteiger partial charge in [0, 0.05) is 53.7 Å². The molecule has 2 aliphatic rings. The highest BCUT2D eigenvalue weighted by Crippen LogP contribution is 2.42. The quantitative estimate of drug-likeness (QED) is 0.226. The highest BCUT2D eigenvalue weighted by Gasteiger charge is 2.28. The molecule has 9 nitrogen and oxygen atoms in total. The van der Waals surface area contributed by atoms with Gasteiger partial charge in [-0.3, -0.25) is 14.4 Å². The lowest BCUT2D eigenvalue weighted by atomic mass is 10.1. The minimum Gasteiger partial charge on any atom is -0.356 e. The van der Waals surface area contributed by atoms with Crippen LogP contribution in [0.25, 0.3) is 10.4 Å². The molecule has 0 atom stereocenters. The average molecular weight is 615 g/mol. The van der Waals surface area contributed by atoms with Crippen molar-refractivity contribution >= 4 is 52.1 Å². The number of hydrogen-bond donors (Lipinski definition) is 2. The lowest BCUT2D eigenvalue weighted by Gasteiger charge is -2.23. The van der Waals surface area contributed by atoms with Gasteiger partial charge in [0.25, 0.3) is 17.7 Å². The number of pyridine rings is 2. The van der Waals surface area contributed by atoms with Crippen LogP contribution in [0.4, 0.5) is 23.0 Å². The summed E-state index contributed by atoms with van der Waals surface area (Å²) in [6.07, 6.45) is 6.09. The van der Waals surface area contributed by atoms with Crippen molar-refractivity contribution in [3.8, 4) is 10.4 Å². The van der Waals surface area contributed by atoms with Crippen molar-refractivity contribution < 1.29 is 14.4 Å². The first-order valence-electron chi connectivity index (χ1n) is 14.9. The Balaban J connectivity index is 1.12. The Morgan fingerprint density at radius 3 is 2.42 bits per heavy atom. The molecule has 2 aromatic carbocycles. The zero-order chi connectivity index (χ0) is 30.8. The Labute approximate surface area is 264 Å². The smallest absolute Gasteiger partial charge is 0.266 e. The number of anilines is 4. The van der Waals surface area contributed by atoms with Crippen molar-refractivity contribution in [1.82, 2.24) is 9.97 Å². The summed E-state index contributed by atoms with van der Waals surface area (Å²) in [7, 11) is 0. The fourth-order valence-electron chi connectivity index (χ4n) is 5.87. The Kier molecular flexibility index (Phi) is 7.79. The van der Waals surface area contributed by atoms with Crippen LogP contribution in [0.2, 0.25) is 0 Å². The fourth-order valence-corrected chi connectivity index (χ4v) is 7.01. The number of benzene rings is 2. The molecule has 0 spiro atoms. The number of nitrogens with one attached hydrogen (secondary N) is 2. The normalized spacial score (nSPS) is 13.9. The predicted molar refractivity (Wildman–Crippen MR) is 177 cm³/mol. The van der Waals surface area contributed by atoms with Crippen LogP contribution in [0.3, 0.4) is 0 Å². The Bertz CT molecular complexity index is 1900. The van der Waals surface area contributed by atoms with Crippen molar-refractivity contribution in [1.29, 1.82) is 0 Å². The van der Waals surface area contributed by atoms with Gasteiger partial charge < -0.3 is 20.4 Å². The maximum Gasteiger partial charge on any atom is 0.266 e. The maximum absolute atomic E-state index is 14.0. The van der Waals surface area contributed by atoms with Gasteiger partial charge in [-0.05, 0) is 79.4 Å². The summed E-state index contributed by atoms with van der Waals surface area (Å²) in [4.78, 5) is 54.6. The molecule has 0 radical (unpaired) electrons. The molecule has 3 aromatic heterocycles. The third-order valence-electron chi connectivity index (χ3n) is 8.03. The van der Waals surface area contributed by atoms with Gasteiger partial charge in [0.15, 0.2) is 0 Å². The first kappa shape index (κ1) is 28.4. The van der Waals surface area contributed by atoms with E-state index in [1.54, 1.807) is 65.8 Å². The molecule has 7 rings (SSSR count). The van der Waals surface area contributed by atoms with Gasteiger partial charge in [-0.25, -0.2) is 9.97 Å². The molecule has 0 aliphatic carbocycles. The molecule has 0 saturated carbocycles. The van der Waals surface area contributed by atoms with Crippen molar-refractivity contribution in [2.45, 2.75) is 19.3 Å². The molecule has 5 heterocycles. The number of hydrogen-bond acceptors (Lipinski definition) is 7. The van der Waals surface area contributed by atoms with Crippen LogP contribution >= 0.6 is 11.3 Å². The molecule has 45 heavy (non-hydrogen) atoms. The van der Waals surface area contributed by atoms with Crippen LogP contribution in [0, 0.1) is 0 Å². The number of carbonyl (C=O) groups is 3. The summed E-state index contributed by atoms with van der Waals surface area (Å²) in [6, 6.07) is 25.6. The van der Waals surface area contributed by atoms with E-state index >= 15 is 0 Å². The zero-order valence-corrected chi connectivity index (χ0v) is 25.2. The molecule has 2 N–H and O–H groups in total. The number of para-hydroxylation sites is 1. The number of fused-ring (bicyclic) bond motifs is 3. The Morgan fingerprint density at radius 2 is 1.58 bits per heavy atom. The number of carbonyl (C=O) groups excluding carboxylic acids is 3. The molecule has 3 amide bonds. The molecule has 5 aromatic rings. The summed E-state index contributed by atoms with van der Waals surface area (Å²) >= 11 is 1.41. The second kappa shape index (κ2) is 12.3. The van der Waals surface area contributed by atoms with Crippen LogP contribution in [0.5, 0.6) is 0 Å². The molecular weight excluding hydrogens is 584 g/mol. The molecule has 0 unspecified atom stereocenters. The third kappa shape index (κ3) is 5.80. The lowest BCUT2D eigenvalue weighted by molar-refractivity contribution is 0.0983. The first-order valence-corrected chi connectivity index (χ1v) is 15.7. The van der Waals surface area contributed by atoms with Crippen molar-refractivity contribution in [2.75, 3.05) is 40.1 Å². The standard InChI is InChI=1S/C35H30N6O3S/c42-33(27-12-8-17-37-32(27)40-18-5-6-19-40)38-25-10-7-9-24(21-25)35(44)41-20-15-23-22-29(34(43)39-30-14-3-4-16-36-30)45-31(23)26-11-1-2-13-28(26)41/h1-4,7-14,16-17,21-22H,5-6,15,18-20H2,(H,38,42)(H,36,39,43). The summed E-state index contributed by atoms with van der Waals surface area (Å²) in [5.74, 6) is 0.540. The van der Waals surface area contributed by atoms with E-state index in [-0.39, 0.29) is 17.7 Å². The zero-order valence-electron chi connectivity index (χ0n) is 24.4. The van der Waals surface area contributed by atoms with Crippen molar-refractivity contribution in [2.24, 2.45) is 0 Å². The van der Waals surface area contributed by atoms with E-state index in [1.807, 2.05) is 36.4 Å². The van der Waals surface area contributed by atoms with E-state index in [0.717, 1.165) is 47.6 Å². The van der Waals surface area contributed by atoms with Crippen LogP contribution in [0.1, 0.15) is 48.8 Å². The van der Waals surface area contributed by atoms with Crippen molar-refractivity contribution in [3.05, 3.63) is 119 Å². The predicted octanol–water partition coefficient (Wildman–Crippen LogP) is 6.51. The number of rotatable bonds is 6. The van der Waals surface area contributed by atoms with Gasteiger partial charge in [0.2, 0.25) is 0 Å². The van der Waals surface area contributed by atoms with E-state index < -0.39 is 0 Å². The third-order valence-corrected chi connectivity index (χ3v) is 9.24. The van der Waals surface area contributed by atoms with E-state index in [4.69, 9.17) is 0 Å². The van der Waals surface area contributed by atoms with Gasteiger partial charge in [0.05, 0.1) is 16.1 Å². The molecule has 2 aliphatic heterocycles. The topological polar surface area (TPSA) is 108 Å². The molecule has 1 saturated heterocycles. The van der Waals surface area contributed by atoms with E-state index in [0.29, 0.717) is 46.3 Å². The van der Waals surface area contributed by atoms with E-state index in [1.165, 1.54) is 11.3 Å². The van der Waals surface area contributed by atoms with Crippen LogP contribution < -0.4 is 20.4 Å². The molecule has 1 fully saturated rings. The summed E-state index contributed by atoms with van der Waals surface area (Å²) in [6.45, 7) is 2.20. The summed E-state index contributed by atoms with van der Waals surface area (Å²) in [5, 5.41) is 5.84. The van der Waals surface area contributed by atoms with Crippen LogP contribution in [-0.4, -0.2) is 47.3 Å². The Hall–Kier alpha value is -5.35. The molecule has 224 valence electrons. The second-order valence-electron chi connectivity index (χ2n) is 11.0. The van der Waals surface area contributed by atoms with Gasteiger partial charge in [-0.1, -0.05) is 30.3 Å². The maximum atomic E-state index is 14.0. The van der Waals surface area contributed by atoms with Crippen LogP contribution in [-0.2, 0) is 6.42 Å². The second-order valence-corrected chi connectivity index (χ2v) is 12.0. The number of thiophene rings is 1. The largest absolute Gasteiger partial charge is 0.356 e. The summed E-state index contributed by atoms with van der Waals surface area (Å²) in [5.41, 5.74) is 4.20. The minimum atomic E-state index is -0.262. The van der Waals surface area contributed by atoms with Crippen LogP contribution in [0.15, 0.2) is 97.3 Å². The molecule has 10 heteroatoms. The number of aromatic nitrogens is 2. The van der Waals surface area contributed by atoms with E-state index in [9.17, 15) is 14.4 Å². The highest BCUT2D eigenvalue weighted by molar-refractivity contribution is 7.17. The van der Waals surface area contributed by atoms with E-state index in [2.05, 4.69) is 25.5 Å². The highest BCUT2D eigenvalue weighted by atomic mass is 32.1. The van der Waals surface area contributed by atoms with Gasteiger partial charge >= 0.3 is 0 Å². The molecule has 0 bridgehead atoms. The van der Waals surface area contributed by atoms with Gasteiger partial charge in [0.1, 0.15) is 11.6 Å². The molecular formula is C35H30N6O3S. The minimum absolute atomic E-state index is 0.166. The van der Waals surface area contributed by atoms with Crippen molar-refractivity contribution in [3.63, 3.8) is 0 Å². The first-order chi connectivity index (χ1) is 22.0. The fraction of sp³-hybridized carbons (Fsp3) is 0.171. The monoisotopic (exact) mass is 614 g/mol.